The van der Waals surface area contributed by atoms with Crippen molar-refractivity contribution in [3.63, 3.8) is 0 Å². The Bertz CT molecular complexity index is 458. The lowest BCUT2D eigenvalue weighted by Gasteiger charge is -2.22. The van der Waals surface area contributed by atoms with Gasteiger partial charge in [-0.15, -0.1) is 0 Å². The number of hydrogen-bond acceptors (Lipinski definition) is 3. The molecule has 0 saturated carbocycles. The Morgan fingerprint density at radius 3 is 2.88 bits per heavy atom. The molecule has 0 saturated heterocycles. The fourth-order valence-electron chi connectivity index (χ4n) is 1.87. The van der Waals surface area contributed by atoms with E-state index in [0.717, 1.165) is 17.7 Å². The van der Waals surface area contributed by atoms with E-state index in [2.05, 4.69) is 5.10 Å². The average Bonchev–Trinajstić information content (AvgIpc) is 2.61. The number of phenols is 1. The highest BCUT2D eigenvalue weighted by Gasteiger charge is 2.29. The van der Waals surface area contributed by atoms with Crippen molar-refractivity contribution in [3.05, 3.63) is 29.8 Å². The van der Waals surface area contributed by atoms with Gasteiger partial charge in [-0.1, -0.05) is 18.2 Å². The minimum atomic E-state index is -0.0845. The van der Waals surface area contributed by atoms with E-state index in [-0.39, 0.29) is 16.9 Å². The van der Waals surface area contributed by atoms with Crippen LogP contribution in [0, 0.1) is 0 Å². The van der Waals surface area contributed by atoms with Crippen molar-refractivity contribution in [2.24, 2.45) is 10.8 Å². The number of rotatable bonds is 1. The molecule has 5 heteroatoms. The number of hydrazone groups is 1. The molecule has 1 unspecified atom stereocenters. The number of aromatic hydroxyl groups is 1. The van der Waals surface area contributed by atoms with Gasteiger partial charge in [-0.2, -0.15) is 5.10 Å². The zero-order valence-electron chi connectivity index (χ0n) is 8.92. The van der Waals surface area contributed by atoms with Gasteiger partial charge in [0.1, 0.15) is 5.75 Å². The topological polar surface area (TPSA) is 61.8 Å². The standard InChI is InChI=1S/C11H13N3OS/c1-7-6-9(14(13-7)11(12)16)8-4-2-3-5-10(8)15/h2-5,9,15H,6H2,1H3,(H2,12,16). The van der Waals surface area contributed by atoms with Crippen LogP contribution in [0.3, 0.4) is 0 Å². The van der Waals surface area contributed by atoms with Crippen LogP contribution in [0.2, 0.25) is 0 Å². The fraction of sp³-hybridized carbons (Fsp3) is 0.273. The first-order valence-electron chi connectivity index (χ1n) is 5.00. The molecule has 1 atom stereocenters. The third-order valence-corrected chi connectivity index (χ3v) is 2.77. The number of benzene rings is 1. The average molecular weight is 235 g/mol. The Hall–Kier alpha value is -1.62. The van der Waals surface area contributed by atoms with Crippen LogP contribution < -0.4 is 5.73 Å². The molecule has 2 rings (SSSR count). The Morgan fingerprint density at radius 2 is 2.25 bits per heavy atom. The number of nitrogens with two attached hydrogens (primary N) is 1. The number of hydrogen-bond donors (Lipinski definition) is 2. The monoisotopic (exact) mass is 235 g/mol. The molecule has 0 spiro atoms. The van der Waals surface area contributed by atoms with Gasteiger partial charge >= 0.3 is 0 Å². The molecule has 4 nitrogen and oxygen atoms in total. The summed E-state index contributed by atoms with van der Waals surface area (Å²) in [7, 11) is 0. The zero-order valence-corrected chi connectivity index (χ0v) is 9.74. The highest BCUT2D eigenvalue weighted by Crippen LogP contribution is 2.34. The van der Waals surface area contributed by atoms with Crippen molar-refractivity contribution < 1.29 is 5.11 Å². The van der Waals surface area contributed by atoms with Crippen molar-refractivity contribution >= 4 is 23.0 Å². The minimum Gasteiger partial charge on any atom is -0.508 e. The van der Waals surface area contributed by atoms with E-state index in [0.29, 0.717) is 0 Å². The quantitative estimate of drug-likeness (QED) is 0.728. The maximum absolute atomic E-state index is 9.80. The molecule has 0 aliphatic carbocycles. The van der Waals surface area contributed by atoms with Crippen molar-refractivity contribution in [1.29, 1.82) is 0 Å². The molecule has 0 amide bonds. The van der Waals surface area contributed by atoms with Crippen LogP contribution in [0.25, 0.3) is 0 Å². The summed E-state index contributed by atoms with van der Waals surface area (Å²) in [5, 5.41) is 15.9. The Labute approximate surface area is 99.4 Å². The Balaban J connectivity index is 2.36. The highest BCUT2D eigenvalue weighted by molar-refractivity contribution is 7.80. The molecule has 16 heavy (non-hydrogen) atoms. The Morgan fingerprint density at radius 1 is 1.56 bits per heavy atom. The van der Waals surface area contributed by atoms with Crippen LogP contribution in [0.5, 0.6) is 5.75 Å². The molecule has 0 bridgehead atoms. The molecule has 3 N–H and O–H groups in total. The van der Waals surface area contributed by atoms with Crippen LogP contribution in [0.1, 0.15) is 24.9 Å². The first-order chi connectivity index (χ1) is 7.59. The molecule has 0 aromatic heterocycles. The van der Waals surface area contributed by atoms with Gasteiger partial charge in [0.2, 0.25) is 0 Å². The second kappa shape index (κ2) is 4.09. The van der Waals surface area contributed by atoms with E-state index < -0.39 is 0 Å². The zero-order chi connectivity index (χ0) is 11.7. The van der Waals surface area contributed by atoms with Crippen molar-refractivity contribution in [2.75, 3.05) is 0 Å². The largest absolute Gasteiger partial charge is 0.508 e. The molecule has 1 aliphatic heterocycles. The van der Waals surface area contributed by atoms with Crippen LogP contribution in [-0.2, 0) is 0 Å². The molecular formula is C11H13N3OS. The lowest BCUT2D eigenvalue weighted by Crippen LogP contribution is -2.31. The van der Waals surface area contributed by atoms with Crippen molar-refractivity contribution in [3.8, 4) is 5.75 Å². The molecular weight excluding hydrogens is 222 g/mol. The predicted molar refractivity (Wildman–Crippen MR) is 67.2 cm³/mol. The van der Waals surface area contributed by atoms with E-state index in [9.17, 15) is 5.11 Å². The summed E-state index contributed by atoms with van der Waals surface area (Å²) in [5.74, 6) is 0.249. The lowest BCUT2D eigenvalue weighted by molar-refractivity contribution is 0.357. The van der Waals surface area contributed by atoms with E-state index in [1.54, 1.807) is 17.1 Å². The van der Waals surface area contributed by atoms with Crippen LogP contribution >= 0.6 is 12.2 Å². The predicted octanol–water partition coefficient (Wildman–Crippen LogP) is 1.76. The SMILES string of the molecule is CC1=NN(C(N)=S)C(c2ccccc2O)C1. The first kappa shape index (κ1) is 10.9. The number of thiocarbonyl (C=S) groups is 1. The molecule has 1 heterocycles. The molecule has 1 aromatic rings. The van der Waals surface area contributed by atoms with Gasteiger partial charge in [-0.05, 0) is 25.2 Å². The normalized spacial score (nSPS) is 19.7. The summed E-state index contributed by atoms with van der Waals surface area (Å²) < 4.78 is 0. The fourth-order valence-corrected chi connectivity index (χ4v) is 2.04. The van der Waals surface area contributed by atoms with Gasteiger partial charge in [0.05, 0.1) is 6.04 Å². The van der Waals surface area contributed by atoms with Crippen molar-refractivity contribution in [1.82, 2.24) is 5.01 Å². The van der Waals surface area contributed by atoms with Crippen LogP contribution in [0.15, 0.2) is 29.4 Å². The number of nitrogens with zero attached hydrogens (tertiary/aromatic N) is 2. The van der Waals surface area contributed by atoms with E-state index in [1.807, 2.05) is 19.1 Å². The second-order valence-corrected chi connectivity index (χ2v) is 4.22. The summed E-state index contributed by atoms with van der Waals surface area (Å²) in [6, 6.07) is 7.09. The van der Waals surface area contributed by atoms with Crippen LogP contribution in [-0.4, -0.2) is 20.9 Å². The van der Waals surface area contributed by atoms with E-state index in [1.165, 1.54) is 0 Å². The molecule has 0 radical (unpaired) electrons. The van der Waals surface area contributed by atoms with Crippen molar-refractivity contribution in [2.45, 2.75) is 19.4 Å². The maximum atomic E-state index is 9.80. The van der Waals surface area contributed by atoms with Gasteiger partial charge in [0.25, 0.3) is 0 Å². The third kappa shape index (κ3) is 1.86. The Kier molecular flexibility index (Phi) is 2.78. The van der Waals surface area contributed by atoms with E-state index in [4.69, 9.17) is 18.0 Å². The van der Waals surface area contributed by atoms with Gasteiger partial charge in [-0.25, -0.2) is 5.01 Å². The lowest BCUT2D eigenvalue weighted by atomic mass is 10.0. The summed E-state index contributed by atoms with van der Waals surface area (Å²) in [6.07, 6.45) is 0.731. The first-order valence-corrected chi connectivity index (χ1v) is 5.41. The summed E-state index contributed by atoms with van der Waals surface area (Å²) in [5.41, 5.74) is 7.37. The smallest absolute Gasteiger partial charge is 0.187 e. The van der Waals surface area contributed by atoms with E-state index >= 15 is 0 Å². The minimum absolute atomic E-state index is 0.0845. The maximum Gasteiger partial charge on any atom is 0.187 e. The molecule has 1 aliphatic rings. The highest BCUT2D eigenvalue weighted by atomic mass is 32.1. The van der Waals surface area contributed by atoms with Gasteiger partial charge in [0.15, 0.2) is 5.11 Å². The molecule has 1 aromatic carbocycles. The summed E-state index contributed by atoms with van der Waals surface area (Å²) in [4.78, 5) is 0. The van der Waals surface area contributed by atoms with Gasteiger partial charge in [0, 0.05) is 17.7 Å². The van der Waals surface area contributed by atoms with Gasteiger partial charge < -0.3 is 10.8 Å². The van der Waals surface area contributed by atoms with Gasteiger partial charge in [-0.3, -0.25) is 0 Å². The summed E-state index contributed by atoms with van der Waals surface area (Å²) in [6.45, 7) is 1.92. The number of para-hydroxylation sites is 1. The number of phenolic OH excluding ortho intramolecular Hbond substituents is 1. The third-order valence-electron chi connectivity index (χ3n) is 2.58. The summed E-state index contributed by atoms with van der Waals surface area (Å²) >= 11 is 4.94. The second-order valence-electron chi connectivity index (χ2n) is 3.80. The van der Waals surface area contributed by atoms with Crippen LogP contribution in [0.4, 0.5) is 0 Å². The molecule has 0 fully saturated rings. The molecule has 84 valence electrons.